The van der Waals surface area contributed by atoms with Gasteiger partial charge in [-0.05, 0) is 96.3 Å². The van der Waals surface area contributed by atoms with Gasteiger partial charge in [0.05, 0.1) is 25.4 Å². The third-order valence-electron chi connectivity index (χ3n) is 14.3. The summed E-state index contributed by atoms with van der Waals surface area (Å²) >= 11 is 0. The third-order valence-corrected chi connectivity index (χ3v) is 14.3. The number of esters is 1. The third kappa shape index (κ3) is 41.5. The molecule has 77 heavy (non-hydrogen) atoms. The predicted molar refractivity (Wildman–Crippen MR) is 319 cm³/mol. The van der Waals surface area contributed by atoms with Crippen molar-refractivity contribution in [2.75, 3.05) is 13.2 Å². The Morgan fingerprint density at radius 1 is 0.519 bits per heavy atom. The van der Waals surface area contributed by atoms with Gasteiger partial charge in [-0.2, -0.15) is 0 Å². The zero-order valence-electron chi connectivity index (χ0n) is 49.1. The maximum Gasteiger partial charge on any atom is 0.306 e. The number of carbonyl (C=O) groups excluding carboxylic acids is 2. The second-order valence-corrected chi connectivity index (χ2v) is 21.5. The Morgan fingerprint density at radius 3 is 1.44 bits per heavy atom. The van der Waals surface area contributed by atoms with E-state index in [2.05, 4.69) is 99.0 Å². The molecule has 444 valence electrons. The fraction of sp³-hybridized carbons (Fsp3) is 0.758. The fourth-order valence-corrected chi connectivity index (χ4v) is 9.27. The lowest BCUT2D eigenvalue weighted by Gasteiger charge is -2.41. The van der Waals surface area contributed by atoms with E-state index < -0.39 is 67.4 Å². The van der Waals surface area contributed by atoms with E-state index in [0.717, 1.165) is 122 Å². The highest BCUT2D eigenvalue weighted by Crippen LogP contribution is 2.26. The van der Waals surface area contributed by atoms with Crippen molar-refractivity contribution >= 4 is 11.9 Å². The van der Waals surface area contributed by atoms with E-state index in [0.29, 0.717) is 12.8 Å². The summed E-state index contributed by atoms with van der Waals surface area (Å²) in [7, 11) is 0. The van der Waals surface area contributed by atoms with Gasteiger partial charge in [-0.25, -0.2) is 0 Å². The molecule has 8 atom stereocenters. The summed E-state index contributed by atoms with van der Waals surface area (Å²) in [5.41, 5.74) is 0. The Balaban J connectivity index is 2.65. The van der Waals surface area contributed by atoms with E-state index >= 15 is 0 Å². The van der Waals surface area contributed by atoms with Crippen LogP contribution >= 0.6 is 0 Å². The largest absolute Gasteiger partial charge is 0.454 e. The number of hydrogen-bond donors (Lipinski definition) is 6. The molecule has 1 aliphatic heterocycles. The number of hydrogen-bond acceptors (Lipinski definition) is 10. The van der Waals surface area contributed by atoms with Gasteiger partial charge in [0.25, 0.3) is 0 Å². The average molecular weight is 1080 g/mol. The van der Waals surface area contributed by atoms with E-state index in [1.807, 2.05) is 6.08 Å². The molecule has 1 rings (SSSR count). The first-order chi connectivity index (χ1) is 37.7. The Morgan fingerprint density at radius 2 is 0.935 bits per heavy atom. The first-order valence-electron chi connectivity index (χ1n) is 31.4. The van der Waals surface area contributed by atoms with Gasteiger partial charge in [0.1, 0.15) is 24.4 Å². The Labute approximate surface area is 470 Å². The minimum absolute atomic E-state index is 0.106. The molecule has 1 heterocycles. The minimum Gasteiger partial charge on any atom is -0.454 e. The molecular weight excluding hydrogens is 967 g/mol. The van der Waals surface area contributed by atoms with Crippen LogP contribution in [0.25, 0.3) is 0 Å². The molecule has 0 aliphatic carbocycles. The molecule has 0 spiro atoms. The number of allylic oxidation sites excluding steroid dienone is 13. The number of aliphatic hydroxyl groups is 5. The van der Waals surface area contributed by atoms with E-state index in [1.54, 1.807) is 6.08 Å². The van der Waals surface area contributed by atoms with Crippen molar-refractivity contribution in [3.05, 3.63) is 85.1 Å². The number of carbonyl (C=O) groups is 2. The first kappa shape index (κ1) is 71.9. The van der Waals surface area contributed by atoms with Crippen LogP contribution in [0.1, 0.15) is 258 Å². The van der Waals surface area contributed by atoms with Crippen LogP contribution in [0.3, 0.4) is 0 Å². The average Bonchev–Trinajstić information content (AvgIpc) is 3.43. The maximum atomic E-state index is 13.4. The molecule has 0 aromatic heterocycles. The topological polar surface area (TPSA) is 175 Å². The van der Waals surface area contributed by atoms with Gasteiger partial charge >= 0.3 is 5.97 Å². The smallest absolute Gasteiger partial charge is 0.306 e. The lowest BCUT2D eigenvalue weighted by molar-refractivity contribution is -0.305. The van der Waals surface area contributed by atoms with Crippen LogP contribution < -0.4 is 5.32 Å². The first-order valence-corrected chi connectivity index (χ1v) is 31.4. The molecule has 1 saturated heterocycles. The lowest BCUT2D eigenvalue weighted by atomic mass is 9.99. The standard InChI is InChI=1S/C66H115NO10/c1-4-7-10-13-16-19-22-24-26-27-28-29-30-31-32-33-34-36-39-42-45-48-51-54-61(71)77-64-63(73)62(72)60(55-68)76-66(64)75-56-57(58(69)52-49-46-43-40-37-21-18-15-12-9-6-3)67-65(74)59(70)53-50-47-44-41-38-35-25-23-20-17-14-11-8-5-2/h16-17,19-20,23-26,28-29,31-32,49,52,57-60,62-64,66,68-70,72-73H,4-15,18,21-22,27,30,33-48,50-51,53-56H2,1-3H3,(H,67,74)/b19-16-,20-17+,25-23+,26-24-,29-28-,32-31-,52-49+. The van der Waals surface area contributed by atoms with Crippen molar-refractivity contribution < 1.29 is 49.3 Å². The molecule has 11 heteroatoms. The minimum atomic E-state index is -1.62. The molecule has 1 fully saturated rings. The second-order valence-electron chi connectivity index (χ2n) is 21.5. The van der Waals surface area contributed by atoms with Crippen LogP contribution in [0.15, 0.2) is 85.1 Å². The van der Waals surface area contributed by atoms with Crippen molar-refractivity contribution in [2.24, 2.45) is 0 Å². The molecule has 11 nitrogen and oxygen atoms in total. The molecule has 0 aromatic rings. The monoisotopic (exact) mass is 1080 g/mol. The molecular formula is C66H115NO10. The van der Waals surface area contributed by atoms with Gasteiger partial charge in [0, 0.05) is 6.42 Å². The predicted octanol–water partition coefficient (Wildman–Crippen LogP) is 14.9. The molecule has 1 amide bonds. The van der Waals surface area contributed by atoms with Crippen molar-refractivity contribution in [1.82, 2.24) is 5.32 Å². The van der Waals surface area contributed by atoms with Gasteiger partial charge in [0.15, 0.2) is 12.4 Å². The van der Waals surface area contributed by atoms with Gasteiger partial charge < -0.3 is 45.1 Å². The number of amides is 1. The summed E-state index contributed by atoms with van der Waals surface area (Å²) in [5.74, 6) is -1.22. The van der Waals surface area contributed by atoms with Crippen LogP contribution in [-0.4, -0.2) is 99.6 Å². The van der Waals surface area contributed by atoms with E-state index in [-0.39, 0.29) is 19.4 Å². The zero-order chi connectivity index (χ0) is 56.1. The van der Waals surface area contributed by atoms with Crippen LogP contribution in [0.5, 0.6) is 0 Å². The van der Waals surface area contributed by atoms with Gasteiger partial charge in [-0.1, -0.05) is 241 Å². The summed E-state index contributed by atoms with van der Waals surface area (Å²) in [6, 6.07) is -1.04. The zero-order valence-corrected chi connectivity index (χ0v) is 49.1. The molecule has 0 aromatic carbocycles. The number of aliphatic hydroxyl groups excluding tert-OH is 5. The summed E-state index contributed by atoms with van der Waals surface area (Å²) in [6.45, 7) is 5.70. The SMILES string of the molecule is CCCCC/C=C\C/C=C\C/C=C\C/C=C\CCCCCCCCCC(=O)OC1C(OCC(NC(=O)C(O)CCCCCCC/C=C/C=C/CCCCC)C(O)/C=C/CCCCCCCCCCC)OC(CO)C(O)C1O. The van der Waals surface area contributed by atoms with Crippen LogP contribution in [0, 0.1) is 0 Å². The molecule has 6 N–H and O–H groups in total. The number of rotatable bonds is 52. The fourth-order valence-electron chi connectivity index (χ4n) is 9.27. The number of ether oxygens (including phenoxy) is 3. The summed E-state index contributed by atoms with van der Waals surface area (Å²) in [4.78, 5) is 26.5. The number of unbranched alkanes of at least 4 members (excludes halogenated alkanes) is 27. The Bertz CT molecular complexity index is 1570. The van der Waals surface area contributed by atoms with Gasteiger partial charge in [0.2, 0.25) is 5.91 Å². The molecule has 0 bridgehead atoms. The Kier molecular flexibility index (Phi) is 49.9. The highest BCUT2D eigenvalue weighted by Gasteiger charge is 2.47. The maximum absolute atomic E-state index is 13.4. The van der Waals surface area contributed by atoms with Crippen molar-refractivity contribution in [3.8, 4) is 0 Å². The van der Waals surface area contributed by atoms with Crippen LogP contribution in [0.2, 0.25) is 0 Å². The van der Waals surface area contributed by atoms with E-state index in [1.165, 1.54) is 89.9 Å². The Hall–Kier alpha value is -3.16. The molecule has 1 aliphatic rings. The van der Waals surface area contributed by atoms with Gasteiger partial charge in [-0.15, -0.1) is 0 Å². The summed E-state index contributed by atoms with van der Waals surface area (Å²) in [6.07, 6.45) is 59.0. The normalized spacial score (nSPS) is 19.6. The quantitative estimate of drug-likeness (QED) is 0.0149. The lowest BCUT2D eigenvalue weighted by Crippen LogP contribution is -2.61. The van der Waals surface area contributed by atoms with Crippen molar-refractivity contribution in [1.29, 1.82) is 0 Å². The molecule has 8 unspecified atom stereocenters. The highest BCUT2D eigenvalue weighted by atomic mass is 16.7. The van der Waals surface area contributed by atoms with E-state index in [4.69, 9.17) is 14.2 Å². The number of nitrogens with one attached hydrogen (secondary N) is 1. The van der Waals surface area contributed by atoms with Crippen LogP contribution in [0.4, 0.5) is 0 Å². The highest BCUT2D eigenvalue weighted by molar-refractivity contribution is 5.80. The van der Waals surface area contributed by atoms with Crippen molar-refractivity contribution in [3.63, 3.8) is 0 Å². The molecule has 0 saturated carbocycles. The van der Waals surface area contributed by atoms with Gasteiger partial charge in [-0.3, -0.25) is 9.59 Å². The molecule has 0 radical (unpaired) electrons. The summed E-state index contributed by atoms with van der Waals surface area (Å²) < 4.78 is 17.6. The van der Waals surface area contributed by atoms with Crippen molar-refractivity contribution in [2.45, 2.75) is 307 Å². The van der Waals surface area contributed by atoms with Crippen LogP contribution in [-0.2, 0) is 23.8 Å². The van der Waals surface area contributed by atoms with E-state index in [9.17, 15) is 35.1 Å². The second kappa shape index (κ2) is 53.5. The summed E-state index contributed by atoms with van der Waals surface area (Å²) in [5, 5.41) is 56.9.